The van der Waals surface area contributed by atoms with Crippen molar-refractivity contribution < 1.29 is 4.74 Å². The van der Waals surface area contributed by atoms with Crippen LogP contribution < -0.4 is 11.2 Å². The van der Waals surface area contributed by atoms with Gasteiger partial charge in [0.05, 0.1) is 36.7 Å². The van der Waals surface area contributed by atoms with Gasteiger partial charge in [-0.2, -0.15) is 0 Å². The maximum Gasteiger partial charge on any atom is 0.328 e. The van der Waals surface area contributed by atoms with Gasteiger partial charge in [0.1, 0.15) is 0 Å². The number of benzene rings is 1. The molecule has 1 fully saturated rings. The first-order valence-electron chi connectivity index (χ1n) is 8.31. The molecule has 7 heteroatoms. The lowest BCUT2D eigenvalue weighted by atomic mass is 10.1. The Morgan fingerprint density at radius 1 is 1.12 bits per heavy atom. The SMILES string of the molecule is O=c1[nH]c2ccccc2c(=O)n1CC(c1cccs1)N1CCOCC1. The van der Waals surface area contributed by atoms with Gasteiger partial charge in [0.15, 0.2) is 0 Å². The van der Waals surface area contributed by atoms with Gasteiger partial charge in [-0.1, -0.05) is 18.2 Å². The van der Waals surface area contributed by atoms with Crippen LogP contribution in [0.2, 0.25) is 0 Å². The Hall–Kier alpha value is -2.22. The minimum atomic E-state index is -0.362. The van der Waals surface area contributed by atoms with Crippen LogP contribution >= 0.6 is 11.3 Å². The Kier molecular flexibility index (Phi) is 4.52. The number of fused-ring (bicyclic) bond motifs is 1. The summed E-state index contributed by atoms with van der Waals surface area (Å²) >= 11 is 1.65. The molecular formula is C18H19N3O3S. The molecule has 1 aromatic carbocycles. The van der Waals surface area contributed by atoms with Gasteiger partial charge in [-0.05, 0) is 23.6 Å². The molecule has 1 saturated heterocycles. The highest BCUT2D eigenvalue weighted by Gasteiger charge is 2.25. The zero-order chi connectivity index (χ0) is 17.2. The fraction of sp³-hybridized carbons (Fsp3) is 0.333. The third kappa shape index (κ3) is 3.18. The van der Waals surface area contributed by atoms with Crippen molar-refractivity contribution in [3.8, 4) is 0 Å². The minimum absolute atomic E-state index is 0.0103. The second-order valence-corrected chi connectivity index (χ2v) is 7.05. The van der Waals surface area contributed by atoms with Crippen LogP contribution in [-0.4, -0.2) is 40.8 Å². The van der Waals surface area contributed by atoms with E-state index >= 15 is 0 Å². The minimum Gasteiger partial charge on any atom is -0.379 e. The molecule has 0 bridgehead atoms. The zero-order valence-electron chi connectivity index (χ0n) is 13.7. The largest absolute Gasteiger partial charge is 0.379 e. The molecule has 0 amide bonds. The number of hydrogen-bond acceptors (Lipinski definition) is 5. The van der Waals surface area contributed by atoms with Crippen molar-refractivity contribution >= 4 is 22.2 Å². The third-order valence-electron chi connectivity index (χ3n) is 4.60. The lowest BCUT2D eigenvalue weighted by Crippen LogP contribution is -2.44. The molecule has 4 rings (SSSR count). The van der Waals surface area contributed by atoms with Gasteiger partial charge in [0.25, 0.3) is 5.56 Å². The molecule has 0 saturated carbocycles. The molecule has 0 aliphatic carbocycles. The first kappa shape index (κ1) is 16.3. The normalized spacial score (nSPS) is 17.0. The number of ether oxygens (including phenoxy) is 1. The second-order valence-electron chi connectivity index (χ2n) is 6.07. The summed E-state index contributed by atoms with van der Waals surface area (Å²) in [6.07, 6.45) is 0. The first-order chi connectivity index (χ1) is 12.2. The summed E-state index contributed by atoms with van der Waals surface area (Å²) in [4.78, 5) is 31.6. The van der Waals surface area contributed by atoms with Crippen molar-refractivity contribution in [1.29, 1.82) is 0 Å². The Balaban J connectivity index is 1.76. The lowest BCUT2D eigenvalue weighted by molar-refractivity contribution is 0.0126. The summed E-state index contributed by atoms with van der Waals surface area (Å²) in [5.41, 5.74) is -0.0273. The van der Waals surface area contributed by atoms with Gasteiger partial charge < -0.3 is 9.72 Å². The van der Waals surface area contributed by atoms with Gasteiger partial charge in [0, 0.05) is 18.0 Å². The first-order valence-corrected chi connectivity index (χ1v) is 9.19. The van der Waals surface area contributed by atoms with Crippen LogP contribution in [0, 0.1) is 0 Å². The van der Waals surface area contributed by atoms with Crippen LogP contribution in [0.5, 0.6) is 0 Å². The summed E-state index contributed by atoms with van der Waals surface area (Å²) < 4.78 is 6.77. The molecule has 6 nitrogen and oxygen atoms in total. The van der Waals surface area contributed by atoms with Crippen molar-refractivity contribution in [2.24, 2.45) is 0 Å². The predicted molar refractivity (Wildman–Crippen MR) is 98.3 cm³/mol. The number of H-pyrrole nitrogens is 1. The van der Waals surface area contributed by atoms with E-state index in [-0.39, 0.29) is 17.3 Å². The maximum absolute atomic E-state index is 12.8. The van der Waals surface area contributed by atoms with Crippen molar-refractivity contribution in [3.05, 3.63) is 67.5 Å². The number of hydrogen-bond donors (Lipinski definition) is 1. The summed E-state index contributed by atoms with van der Waals surface area (Å²) in [6, 6.07) is 11.2. The predicted octanol–water partition coefficient (Wildman–Crippen LogP) is 1.82. The lowest BCUT2D eigenvalue weighted by Gasteiger charge is -2.34. The van der Waals surface area contributed by atoms with Crippen LogP contribution in [-0.2, 0) is 11.3 Å². The highest BCUT2D eigenvalue weighted by Crippen LogP contribution is 2.27. The van der Waals surface area contributed by atoms with Gasteiger partial charge in [-0.3, -0.25) is 14.3 Å². The summed E-state index contributed by atoms with van der Waals surface area (Å²) in [6.45, 7) is 3.26. The van der Waals surface area contributed by atoms with Crippen LogP contribution in [0.1, 0.15) is 10.9 Å². The Morgan fingerprint density at radius 3 is 2.68 bits per heavy atom. The van der Waals surface area contributed by atoms with Gasteiger partial charge in [0.2, 0.25) is 0 Å². The molecule has 0 radical (unpaired) electrons. The highest BCUT2D eigenvalue weighted by molar-refractivity contribution is 7.10. The Bertz CT molecular complexity index is 971. The Labute approximate surface area is 148 Å². The van der Waals surface area contributed by atoms with Crippen LogP contribution in [0.3, 0.4) is 0 Å². The summed E-state index contributed by atoms with van der Waals surface area (Å²) in [5.74, 6) is 0. The summed E-state index contributed by atoms with van der Waals surface area (Å²) in [5, 5.41) is 2.56. The molecule has 2 aromatic heterocycles. The number of nitrogens with zero attached hydrogens (tertiary/aromatic N) is 2. The average molecular weight is 357 g/mol. The fourth-order valence-corrected chi connectivity index (χ4v) is 4.15. The molecule has 1 N–H and O–H groups in total. The van der Waals surface area contributed by atoms with E-state index in [1.165, 1.54) is 4.57 Å². The van der Waals surface area contributed by atoms with Crippen molar-refractivity contribution in [2.45, 2.75) is 12.6 Å². The average Bonchev–Trinajstić information content (AvgIpc) is 3.17. The maximum atomic E-state index is 12.8. The van der Waals surface area contributed by atoms with E-state index in [0.717, 1.165) is 18.0 Å². The van der Waals surface area contributed by atoms with E-state index in [1.807, 2.05) is 23.6 Å². The van der Waals surface area contributed by atoms with E-state index in [2.05, 4.69) is 16.0 Å². The van der Waals surface area contributed by atoms with Crippen molar-refractivity contribution in [1.82, 2.24) is 14.5 Å². The van der Waals surface area contributed by atoms with E-state index in [4.69, 9.17) is 4.74 Å². The van der Waals surface area contributed by atoms with Crippen LogP contribution in [0.4, 0.5) is 0 Å². The molecule has 3 aromatic rings. The standard InChI is InChI=1S/C18H19N3O3S/c22-17-13-4-1-2-5-14(13)19-18(23)21(17)12-15(16-6-3-11-25-16)20-7-9-24-10-8-20/h1-6,11,15H,7-10,12H2,(H,19,23). The highest BCUT2D eigenvalue weighted by atomic mass is 32.1. The van der Waals surface area contributed by atoms with Gasteiger partial charge >= 0.3 is 5.69 Å². The molecule has 1 atom stereocenters. The van der Waals surface area contributed by atoms with E-state index in [0.29, 0.717) is 30.7 Å². The van der Waals surface area contributed by atoms with Gasteiger partial charge in [-0.25, -0.2) is 4.79 Å². The molecule has 1 aliphatic heterocycles. The quantitative estimate of drug-likeness (QED) is 0.773. The topological polar surface area (TPSA) is 67.3 Å². The smallest absolute Gasteiger partial charge is 0.328 e. The molecular weight excluding hydrogens is 338 g/mol. The monoisotopic (exact) mass is 357 g/mol. The molecule has 1 aliphatic rings. The number of thiophene rings is 1. The van der Waals surface area contributed by atoms with E-state index < -0.39 is 0 Å². The van der Waals surface area contributed by atoms with Gasteiger partial charge in [-0.15, -0.1) is 11.3 Å². The number of nitrogens with one attached hydrogen (secondary N) is 1. The zero-order valence-corrected chi connectivity index (χ0v) is 14.5. The number of rotatable bonds is 4. The Morgan fingerprint density at radius 2 is 1.92 bits per heavy atom. The fourth-order valence-electron chi connectivity index (χ4n) is 3.29. The van der Waals surface area contributed by atoms with Crippen molar-refractivity contribution in [3.63, 3.8) is 0 Å². The van der Waals surface area contributed by atoms with Crippen LogP contribution in [0.25, 0.3) is 10.9 Å². The van der Waals surface area contributed by atoms with E-state index in [1.54, 1.807) is 23.5 Å². The van der Waals surface area contributed by atoms with E-state index in [9.17, 15) is 9.59 Å². The second kappa shape index (κ2) is 6.95. The van der Waals surface area contributed by atoms with Crippen LogP contribution in [0.15, 0.2) is 51.4 Å². The third-order valence-corrected chi connectivity index (χ3v) is 5.58. The molecule has 130 valence electrons. The molecule has 0 spiro atoms. The number of aromatic nitrogens is 2. The molecule has 3 heterocycles. The summed E-state index contributed by atoms with van der Waals surface area (Å²) in [7, 11) is 0. The molecule has 1 unspecified atom stereocenters. The molecule has 25 heavy (non-hydrogen) atoms. The number of morpholine rings is 1. The van der Waals surface area contributed by atoms with Crippen molar-refractivity contribution in [2.75, 3.05) is 26.3 Å². The number of para-hydroxylation sites is 1. The number of aromatic amines is 1.